The molecule has 4 aromatic rings. The van der Waals surface area contributed by atoms with Crippen LogP contribution < -0.4 is 9.47 Å². The second-order valence-corrected chi connectivity index (χ2v) is 7.69. The molecule has 0 spiro atoms. The highest BCUT2D eigenvalue weighted by Crippen LogP contribution is 2.21. The Balaban J connectivity index is 0.000000198. The second-order valence-electron chi connectivity index (χ2n) is 7.69. The first-order valence-corrected chi connectivity index (χ1v) is 11.3. The molecule has 0 atom stereocenters. The second kappa shape index (κ2) is 14.0. The molecule has 4 nitrogen and oxygen atoms in total. The molecule has 0 N–H and O–H groups in total. The first-order valence-electron chi connectivity index (χ1n) is 11.3. The standard InChI is InChI=1S/C17H16O2.C14H12O2/c1-14(18)11-12-16-9-5-6-10-17(16)19-13-15-7-3-2-4-8-15;15-10-13-8-4-5-9-14(13)16-11-12-6-2-1-3-7-12/h2-12H,13H2,1H3;1-10H,11H2/b12-11+;. The van der Waals surface area contributed by atoms with E-state index >= 15 is 0 Å². The van der Waals surface area contributed by atoms with Crippen molar-refractivity contribution in [3.05, 3.63) is 138 Å². The summed E-state index contributed by atoms with van der Waals surface area (Å²) in [6.07, 6.45) is 4.13. The van der Waals surface area contributed by atoms with Crippen LogP contribution in [0.2, 0.25) is 0 Å². The lowest BCUT2D eigenvalue weighted by molar-refractivity contribution is -0.112. The van der Waals surface area contributed by atoms with Crippen LogP contribution in [0.4, 0.5) is 0 Å². The van der Waals surface area contributed by atoms with Gasteiger partial charge < -0.3 is 9.47 Å². The number of benzene rings is 4. The Kier molecular flexibility index (Phi) is 10.0. The number of hydrogen-bond donors (Lipinski definition) is 0. The van der Waals surface area contributed by atoms with Crippen molar-refractivity contribution in [2.75, 3.05) is 0 Å². The number of carbonyl (C=O) groups excluding carboxylic acids is 2. The smallest absolute Gasteiger partial charge is 0.153 e. The highest BCUT2D eigenvalue weighted by molar-refractivity contribution is 5.91. The Bertz CT molecular complexity index is 1230. The summed E-state index contributed by atoms with van der Waals surface area (Å²) in [5.41, 5.74) is 3.70. The summed E-state index contributed by atoms with van der Waals surface area (Å²) >= 11 is 0. The topological polar surface area (TPSA) is 52.6 Å². The summed E-state index contributed by atoms with van der Waals surface area (Å²) in [4.78, 5) is 21.7. The molecule has 0 aliphatic heterocycles. The van der Waals surface area contributed by atoms with Crippen LogP contribution in [-0.4, -0.2) is 12.1 Å². The van der Waals surface area contributed by atoms with Gasteiger partial charge in [-0.1, -0.05) is 91.0 Å². The van der Waals surface area contributed by atoms with Gasteiger partial charge in [0, 0.05) is 5.56 Å². The van der Waals surface area contributed by atoms with E-state index in [4.69, 9.17) is 9.47 Å². The maximum Gasteiger partial charge on any atom is 0.153 e. The molecule has 0 saturated carbocycles. The van der Waals surface area contributed by atoms with Crippen LogP contribution in [0.5, 0.6) is 11.5 Å². The zero-order valence-electron chi connectivity index (χ0n) is 19.7. The molecule has 0 fully saturated rings. The minimum Gasteiger partial charge on any atom is -0.488 e. The van der Waals surface area contributed by atoms with Gasteiger partial charge in [-0.25, -0.2) is 0 Å². The van der Waals surface area contributed by atoms with Gasteiger partial charge in [0.15, 0.2) is 12.1 Å². The summed E-state index contributed by atoms with van der Waals surface area (Å²) < 4.78 is 11.4. The Labute approximate surface area is 206 Å². The summed E-state index contributed by atoms with van der Waals surface area (Å²) in [5.74, 6) is 1.43. The predicted molar refractivity (Wildman–Crippen MR) is 140 cm³/mol. The molecule has 35 heavy (non-hydrogen) atoms. The number of ether oxygens (including phenoxy) is 2. The van der Waals surface area contributed by atoms with Gasteiger partial charge in [-0.05, 0) is 48.4 Å². The van der Waals surface area contributed by atoms with E-state index in [-0.39, 0.29) is 5.78 Å². The molecule has 0 aliphatic carbocycles. The Morgan fingerprint density at radius 2 is 1.06 bits per heavy atom. The van der Waals surface area contributed by atoms with E-state index in [2.05, 4.69) is 0 Å². The molecule has 0 amide bonds. The number of carbonyl (C=O) groups is 2. The molecular formula is C31H28O4. The first kappa shape index (κ1) is 25.2. The van der Waals surface area contributed by atoms with Gasteiger partial charge >= 0.3 is 0 Å². The summed E-state index contributed by atoms with van der Waals surface area (Å²) in [6, 6.07) is 34.8. The normalized spacial score (nSPS) is 10.2. The van der Waals surface area contributed by atoms with Crippen LogP contribution >= 0.6 is 0 Å². The molecule has 0 bridgehead atoms. The quantitative estimate of drug-likeness (QED) is 0.199. The lowest BCUT2D eigenvalue weighted by Crippen LogP contribution is -1.97. The Hall–Kier alpha value is -4.44. The lowest BCUT2D eigenvalue weighted by atomic mass is 10.1. The average molecular weight is 465 g/mol. The fourth-order valence-corrected chi connectivity index (χ4v) is 3.14. The van der Waals surface area contributed by atoms with Gasteiger partial charge in [0.05, 0.1) is 5.56 Å². The fourth-order valence-electron chi connectivity index (χ4n) is 3.14. The Morgan fingerprint density at radius 1 is 0.629 bits per heavy atom. The van der Waals surface area contributed by atoms with E-state index < -0.39 is 0 Å². The molecule has 0 heterocycles. The number of rotatable bonds is 9. The van der Waals surface area contributed by atoms with Gasteiger partial charge in [0.1, 0.15) is 24.7 Å². The maximum atomic E-state index is 11.0. The molecular weight excluding hydrogens is 436 g/mol. The van der Waals surface area contributed by atoms with E-state index in [1.807, 2.05) is 97.1 Å². The molecule has 4 aromatic carbocycles. The van der Waals surface area contributed by atoms with Crippen LogP contribution in [0.1, 0.15) is 34.0 Å². The van der Waals surface area contributed by atoms with Crippen LogP contribution in [0.3, 0.4) is 0 Å². The number of hydrogen-bond acceptors (Lipinski definition) is 4. The van der Waals surface area contributed by atoms with E-state index in [1.54, 1.807) is 24.3 Å². The average Bonchev–Trinajstić information content (AvgIpc) is 2.91. The third-order valence-electron chi connectivity index (χ3n) is 4.94. The largest absolute Gasteiger partial charge is 0.488 e. The van der Waals surface area contributed by atoms with Crippen LogP contribution in [0.15, 0.2) is 115 Å². The molecule has 0 aliphatic rings. The SMILES string of the molecule is CC(=O)/C=C/c1ccccc1OCc1ccccc1.O=Cc1ccccc1OCc1ccccc1. The highest BCUT2D eigenvalue weighted by atomic mass is 16.5. The van der Waals surface area contributed by atoms with Crippen molar-refractivity contribution in [2.24, 2.45) is 0 Å². The van der Waals surface area contributed by atoms with Gasteiger partial charge in [-0.15, -0.1) is 0 Å². The number of ketones is 1. The zero-order chi connectivity index (χ0) is 24.7. The first-order chi connectivity index (χ1) is 17.2. The number of aldehydes is 1. The fraction of sp³-hybridized carbons (Fsp3) is 0.0968. The molecule has 0 saturated heterocycles. The van der Waals surface area contributed by atoms with E-state index in [1.165, 1.54) is 6.92 Å². The van der Waals surface area contributed by atoms with Crippen LogP contribution in [0, 0.1) is 0 Å². The third-order valence-corrected chi connectivity index (χ3v) is 4.94. The highest BCUT2D eigenvalue weighted by Gasteiger charge is 2.02. The van der Waals surface area contributed by atoms with Crippen molar-refractivity contribution in [1.82, 2.24) is 0 Å². The van der Waals surface area contributed by atoms with Crippen molar-refractivity contribution in [3.8, 4) is 11.5 Å². The maximum absolute atomic E-state index is 11.0. The van der Waals surface area contributed by atoms with Gasteiger partial charge in [-0.2, -0.15) is 0 Å². The van der Waals surface area contributed by atoms with Crippen molar-refractivity contribution in [1.29, 1.82) is 0 Å². The van der Waals surface area contributed by atoms with Crippen molar-refractivity contribution in [2.45, 2.75) is 20.1 Å². The van der Waals surface area contributed by atoms with Crippen LogP contribution in [-0.2, 0) is 18.0 Å². The number of para-hydroxylation sites is 2. The summed E-state index contributed by atoms with van der Waals surface area (Å²) in [6.45, 7) is 2.53. The minimum absolute atomic E-state index is 0.0258. The van der Waals surface area contributed by atoms with E-state index in [0.29, 0.717) is 24.5 Å². The Morgan fingerprint density at radius 3 is 1.54 bits per heavy atom. The predicted octanol–water partition coefficient (Wildman–Crippen LogP) is 6.95. The molecule has 0 aromatic heterocycles. The zero-order valence-corrected chi connectivity index (χ0v) is 19.7. The monoisotopic (exact) mass is 464 g/mol. The third kappa shape index (κ3) is 8.78. The van der Waals surface area contributed by atoms with Gasteiger partial charge in [0.2, 0.25) is 0 Å². The van der Waals surface area contributed by atoms with Crippen molar-refractivity contribution < 1.29 is 19.1 Å². The van der Waals surface area contributed by atoms with Crippen LogP contribution in [0.25, 0.3) is 6.08 Å². The molecule has 4 rings (SSSR count). The lowest BCUT2D eigenvalue weighted by Gasteiger charge is -2.09. The molecule has 4 heteroatoms. The molecule has 176 valence electrons. The minimum atomic E-state index is 0.0258. The molecule has 0 radical (unpaired) electrons. The van der Waals surface area contributed by atoms with Crippen molar-refractivity contribution >= 4 is 18.1 Å². The number of allylic oxidation sites excluding steroid dienone is 1. The summed E-state index contributed by atoms with van der Waals surface area (Å²) in [7, 11) is 0. The van der Waals surface area contributed by atoms with E-state index in [9.17, 15) is 9.59 Å². The van der Waals surface area contributed by atoms with Crippen molar-refractivity contribution in [3.63, 3.8) is 0 Å². The van der Waals surface area contributed by atoms with Gasteiger partial charge in [0.25, 0.3) is 0 Å². The van der Waals surface area contributed by atoms with Gasteiger partial charge in [-0.3, -0.25) is 9.59 Å². The van der Waals surface area contributed by atoms with E-state index in [0.717, 1.165) is 28.7 Å². The molecule has 0 unspecified atom stereocenters. The summed E-state index contributed by atoms with van der Waals surface area (Å²) in [5, 5.41) is 0.